The lowest BCUT2D eigenvalue weighted by Gasteiger charge is -2.46. The molecule has 0 fully saturated rings. The number of halogens is 6. The first kappa shape index (κ1) is 37.5. The van der Waals surface area contributed by atoms with Crippen LogP contribution < -0.4 is 0 Å². The number of rotatable bonds is 18. The summed E-state index contributed by atoms with van der Waals surface area (Å²) < 4.78 is 79.5. The molecule has 0 spiro atoms. The second-order valence-electron chi connectivity index (χ2n) is 11.5. The van der Waals surface area contributed by atoms with Gasteiger partial charge in [0.05, 0.1) is 5.54 Å². The lowest BCUT2D eigenvalue weighted by Crippen LogP contribution is -2.50. The maximum atomic E-state index is 13.6. The van der Waals surface area contributed by atoms with Gasteiger partial charge >= 0.3 is 18.3 Å². The Bertz CT molecular complexity index is 1320. The van der Waals surface area contributed by atoms with Crippen LogP contribution in [-0.2, 0) is 19.9 Å². The number of carbonyl (C=O) groups excluding carboxylic acids is 3. The van der Waals surface area contributed by atoms with Gasteiger partial charge in [-0.15, -0.1) is 0 Å². The maximum absolute atomic E-state index is 13.6. The van der Waals surface area contributed by atoms with Crippen molar-refractivity contribution in [1.29, 1.82) is 0 Å². The largest absolute Gasteiger partial charge is 0.471 e. The molecule has 0 bridgehead atoms. The zero-order chi connectivity index (χ0) is 34.5. The number of unbranched alkanes of at least 4 members (excludes halogenated alkanes) is 2. The molecule has 3 aromatic rings. The standard InChI is InChI=1S/C36H40F6N2O3/c1-28(45)16-11-13-24-43(33(47)36(40,41)42)25-15-27-44(26-14-12-23-32(46)35(37,38)39)34(29-17-5-2-6-18-29,30-19-7-3-8-20-30)31-21-9-4-10-22-31/h2-10,17-22H,11-16,23-27H2,1H3. The van der Waals surface area contributed by atoms with Crippen molar-refractivity contribution in [3.63, 3.8) is 0 Å². The van der Waals surface area contributed by atoms with E-state index >= 15 is 0 Å². The Morgan fingerprint density at radius 2 is 0.936 bits per heavy atom. The van der Waals surface area contributed by atoms with Crippen molar-refractivity contribution in [3.8, 4) is 0 Å². The summed E-state index contributed by atoms with van der Waals surface area (Å²) in [7, 11) is 0. The van der Waals surface area contributed by atoms with Gasteiger partial charge in [-0.25, -0.2) is 0 Å². The van der Waals surface area contributed by atoms with Crippen molar-refractivity contribution in [2.45, 2.75) is 69.8 Å². The van der Waals surface area contributed by atoms with Gasteiger partial charge in [0.1, 0.15) is 5.78 Å². The fourth-order valence-electron chi connectivity index (χ4n) is 5.89. The van der Waals surface area contributed by atoms with Crippen LogP contribution in [0.3, 0.4) is 0 Å². The van der Waals surface area contributed by atoms with Crippen LogP contribution in [0.1, 0.15) is 68.6 Å². The summed E-state index contributed by atoms with van der Waals surface area (Å²) in [5.41, 5.74) is 1.47. The summed E-state index contributed by atoms with van der Waals surface area (Å²) in [5, 5.41) is 0. The van der Waals surface area contributed by atoms with E-state index in [0.717, 1.165) is 21.6 Å². The molecular formula is C36H40F6N2O3. The van der Waals surface area contributed by atoms with Crippen molar-refractivity contribution in [2.24, 2.45) is 0 Å². The molecule has 0 unspecified atom stereocenters. The summed E-state index contributed by atoms with van der Waals surface area (Å²) in [6, 6.07) is 28.3. The van der Waals surface area contributed by atoms with E-state index in [1.807, 2.05) is 95.9 Å². The lowest BCUT2D eigenvalue weighted by atomic mass is 9.75. The summed E-state index contributed by atoms with van der Waals surface area (Å²) in [6.07, 6.45) is -9.64. The van der Waals surface area contributed by atoms with Gasteiger partial charge in [-0.2, -0.15) is 26.3 Å². The maximum Gasteiger partial charge on any atom is 0.471 e. The zero-order valence-electron chi connectivity index (χ0n) is 26.3. The molecule has 5 nitrogen and oxygen atoms in total. The van der Waals surface area contributed by atoms with Gasteiger partial charge < -0.3 is 9.69 Å². The minimum atomic E-state index is -5.08. The van der Waals surface area contributed by atoms with Gasteiger partial charge in [-0.1, -0.05) is 91.0 Å². The fourth-order valence-corrected chi connectivity index (χ4v) is 5.89. The molecule has 0 aliphatic carbocycles. The van der Waals surface area contributed by atoms with Crippen LogP contribution in [0, 0.1) is 0 Å². The second kappa shape index (κ2) is 17.2. The third-order valence-electron chi connectivity index (χ3n) is 8.04. The predicted octanol–water partition coefficient (Wildman–Crippen LogP) is 8.12. The van der Waals surface area contributed by atoms with E-state index in [2.05, 4.69) is 0 Å². The Hall–Kier alpha value is -3.99. The highest BCUT2D eigenvalue weighted by atomic mass is 19.4. The normalized spacial score (nSPS) is 12.3. The van der Waals surface area contributed by atoms with Crippen LogP contribution in [0.15, 0.2) is 91.0 Å². The summed E-state index contributed by atoms with van der Waals surface area (Å²) in [6.45, 7) is 1.36. The molecule has 47 heavy (non-hydrogen) atoms. The number of ketones is 2. The highest BCUT2D eigenvalue weighted by molar-refractivity contribution is 5.84. The first-order valence-electron chi connectivity index (χ1n) is 15.6. The Morgan fingerprint density at radius 3 is 1.36 bits per heavy atom. The first-order chi connectivity index (χ1) is 22.3. The summed E-state index contributed by atoms with van der Waals surface area (Å²) in [5.74, 6) is -3.86. The van der Waals surface area contributed by atoms with Crippen molar-refractivity contribution in [2.75, 3.05) is 26.2 Å². The topological polar surface area (TPSA) is 57.7 Å². The van der Waals surface area contributed by atoms with E-state index in [4.69, 9.17) is 0 Å². The Kier molecular flexibility index (Phi) is 13.7. The Balaban J connectivity index is 2.02. The highest BCUT2D eigenvalue weighted by Crippen LogP contribution is 2.43. The number of amides is 1. The van der Waals surface area contributed by atoms with Crippen LogP contribution >= 0.6 is 0 Å². The van der Waals surface area contributed by atoms with Gasteiger partial charge in [0.2, 0.25) is 5.78 Å². The average molecular weight is 663 g/mol. The molecule has 0 aromatic heterocycles. The molecule has 0 radical (unpaired) electrons. The third-order valence-corrected chi connectivity index (χ3v) is 8.04. The average Bonchev–Trinajstić information content (AvgIpc) is 3.04. The molecule has 254 valence electrons. The van der Waals surface area contributed by atoms with Crippen LogP contribution in [-0.4, -0.2) is 65.8 Å². The fraction of sp³-hybridized carbons (Fsp3) is 0.417. The van der Waals surface area contributed by atoms with Gasteiger partial charge in [0.25, 0.3) is 0 Å². The zero-order valence-corrected chi connectivity index (χ0v) is 26.3. The van der Waals surface area contributed by atoms with Gasteiger partial charge in [0, 0.05) is 32.5 Å². The molecule has 3 rings (SSSR count). The molecule has 0 heterocycles. The Morgan fingerprint density at radius 1 is 0.532 bits per heavy atom. The number of alkyl halides is 6. The van der Waals surface area contributed by atoms with E-state index in [1.54, 1.807) is 0 Å². The highest BCUT2D eigenvalue weighted by Gasteiger charge is 2.44. The van der Waals surface area contributed by atoms with E-state index < -0.39 is 36.0 Å². The van der Waals surface area contributed by atoms with E-state index in [9.17, 15) is 40.7 Å². The number of Topliss-reactive ketones (excluding diaryl/α,β-unsaturated/α-hetero) is 2. The van der Waals surface area contributed by atoms with Crippen molar-refractivity contribution in [3.05, 3.63) is 108 Å². The number of hydrogen-bond donors (Lipinski definition) is 0. The minimum Gasteiger partial charge on any atom is -0.335 e. The van der Waals surface area contributed by atoms with E-state index in [0.29, 0.717) is 6.42 Å². The lowest BCUT2D eigenvalue weighted by molar-refractivity contribution is -0.185. The van der Waals surface area contributed by atoms with Crippen LogP contribution in [0.2, 0.25) is 0 Å². The monoisotopic (exact) mass is 662 g/mol. The second-order valence-corrected chi connectivity index (χ2v) is 11.5. The Labute approximate surface area is 271 Å². The number of hydrogen-bond acceptors (Lipinski definition) is 4. The van der Waals surface area contributed by atoms with E-state index in [-0.39, 0.29) is 64.1 Å². The van der Waals surface area contributed by atoms with Crippen LogP contribution in [0.5, 0.6) is 0 Å². The molecule has 0 atom stereocenters. The molecule has 1 amide bonds. The van der Waals surface area contributed by atoms with Gasteiger partial charge in [-0.3, -0.25) is 14.5 Å². The molecule has 3 aromatic carbocycles. The molecule has 0 aliphatic rings. The van der Waals surface area contributed by atoms with Crippen molar-refractivity contribution in [1.82, 2.24) is 9.80 Å². The number of carbonyl (C=O) groups is 3. The van der Waals surface area contributed by atoms with Crippen LogP contribution in [0.25, 0.3) is 0 Å². The number of benzene rings is 3. The van der Waals surface area contributed by atoms with Crippen molar-refractivity contribution >= 4 is 17.5 Å². The molecule has 0 saturated heterocycles. The summed E-state index contributed by atoms with van der Waals surface area (Å²) in [4.78, 5) is 38.1. The molecule has 0 saturated carbocycles. The molecular weight excluding hydrogens is 622 g/mol. The third kappa shape index (κ3) is 10.5. The van der Waals surface area contributed by atoms with Gasteiger partial charge in [-0.05, 0) is 62.3 Å². The number of nitrogens with zero attached hydrogens (tertiary/aromatic N) is 2. The SMILES string of the molecule is CC(=O)CCCCN(CCCN(CCCCC(=O)C(F)(F)F)C(c1ccccc1)(c1ccccc1)c1ccccc1)C(=O)C(F)(F)F. The molecule has 0 N–H and O–H groups in total. The van der Waals surface area contributed by atoms with E-state index in [1.165, 1.54) is 6.92 Å². The van der Waals surface area contributed by atoms with Crippen LogP contribution in [0.4, 0.5) is 26.3 Å². The first-order valence-corrected chi connectivity index (χ1v) is 15.6. The quantitative estimate of drug-likeness (QED) is 0.0785. The minimum absolute atomic E-state index is 0.0435. The smallest absolute Gasteiger partial charge is 0.335 e. The van der Waals surface area contributed by atoms with Gasteiger partial charge in [0.15, 0.2) is 0 Å². The summed E-state index contributed by atoms with van der Waals surface area (Å²) >= 11 is 0. The van der Waals surface area contributed by atoms with Crippen molar-refractivity contribution < 1.29 is 40.7 Å². The molecule has 0 aliphatic heterocycles. The predicted molar refractivity (Wildman–Crippen MR) is 167 cm³/mol. The molecule has 11 heteroatoms.